The molecule has 1 saturated heterocycles. The summed E-state index contributed by atoms with van der Waals surface area (Å²) in [6.45, 7) is 4.93. The van der Waals surface area contributed by atoms with Gasteiger partial charge in [0.1, 0.15) is 11.5 Å². The monoisotopic (exact) mass is 382 g/mol. The van der Waals surface area contributed by atoms with Gasteiger partial charge in [-0.15, -0.1) is 0 Å². The van der Waals surface area contributed by atoms with Crippen LogP contribution in [0.15, 0.2) is 48.5 Å². The molecule has 28 heavy (non-hydrogen) atoms. The van der Waals surface area contributed by atoms with E-state index in [1.807, 2.05) is 12.1 Å². The van der Waals surface area contributed by atoms with Crippen LogP contribution in [-0.4, -0.2) is 44.2 Å². The summed E-state index contributed by atoms with van der Waals surface area (Å²) < 4.78 is 10.7. The molecule has 0 spiro atoms. The number of carbonyl (C=O) groups is 1. The number of hydrogen-bond donors (Lipinski definition) is 1. The van der Waals surface area contributed by atoms with Gasteiger partial charge in [0.25, 0.3) is 5.91 Å². The molecule has 1 aliphatic rings. The van der Waals surface area contributed by atoms with Crippen molar-refractivity contribution < 1.29 is 14.3 Å². The molecule has 2 aromatic rings. The Labute approximate surface area is 167 Å². The quantitative estimate of drug-likeness (QED) is 0.720. The molecule has 150 valence electrons. The fourth-order valence-electron chi connectivity index (χ4n) is 3.57. The van der Waals surface area contributed by atoms with Crippen LogP contribution in [0.3, 0.4) is 0 Å². The van der Waals surface area contributed by atoms with Crippen LogP contribution in [0.25, 0.3) is 0 Å². The smallest absolute Gasteiger partial charge is 0.258 e. The number of methoxy groups -OCH3 is 1. The molecule has 0 aliphatic carbocycles. The molecule has 1 amide bonds. The molecule has 1 N–H and O–H groups in total. The Morgan fingerprint density at radius 3 is 2.29 bits per heavy atom. The minimum atomic E-state index is -0.106. The van der Waals surface area contributed by atoms with E-state index in [0.717, 1.165) is 25.3 Å². The van der Waals surface area contributed by atoms with Gasteiger partial charge in [-0.1, -0.05) is 31.2 Å². The zero-order valence-corrected chi connectivity index (χ0v) is 16.8. The number of carbonyl (C=O) groups excluding carboxylic acids is 1. The third-order valence-corrected chi connectivity index (χ3v) is 5.28. The maximum atomic E-state index is 12.3. The summed E-state index contributed by atoms with van der Waals surface area (Å²) in [4.78, 5) is 14.8. The summed E-state index contributed by atoms with van der Waals surface area (Å²) in [5, 5.41) is 3.05. The largest absolute Gasteiger partial charge is 0.497 e. The lowest BCUT2D eigenvalue weighted by molar-refractivity contribution is -0.123. The van der Waals surface area contributed by atoms with Crippen LogP contribution in [-0.2, 0) is 11.2 Å². The van der Waals surface area contributed by atoms with E-state index in [9.17, 15) is 4.79 Å². The van der Waals surface area contributed by atoms with Crippen molar-refractivity contribution in [3.05, 3.63) is 59.7 Å². The standard InChI is InChI=1S/C23H30N2O3/c1-3-18-6-8-19(9-7-18)22(25-14-4-5-15-25)16-24-23(26)17-28-21-12-10-20(27-2)11-13-21/h6-13,22H,3-5,14-17H2,1-2H3,(H,24,26)/t22-/m1/s1. The van der Waals surface area contributed by atoms with Gasteiger partial charge in [0, 0.05) is 6.54 Å². The molecule has 1 heterocycles. The minimum Gasteiger partial charge on any atom is -0.497 e. The Hall–Kier alpha value is -2.53. The van der Waals surface area contributed by atoms with Crippen molar-refractivity contribution in [2.24, 2.45) is 0 Å². The van der Waals surface area contributed by atoms with Gasteiger partial charge in [0.15, 0.2) is 6.61 Å². The van der Waals surface area contributed by atoms with E-state index in [0.29, 0.717) is 12.3 Å². The first-order valence-corrected chi connectivity index (χ1v) is 10.1. The van der Waals surface area contributed by atoms with E-state index >= 15 is 0 Å². The second-order valence-electron chi connectivity index (χ2n) is 7.12. The van der Waals surface area contributed by atoms with E-state index in [1.165, 1.54) is 24.0 Å². The van der Waals surface area contributed by atoms with Gasteiger partial charge in [-0.2, -0.15) is 0 Å². The number of nitrogens with zero attached hydrogens (tertiary/aromatic N) is 1. The summed E-state index contributed by atoms with van der Waals surface area (Å²) in [7, 11) is 1.62. The lowest BCUT2D eigenvalue weighted by Gasteiger charge is -2.28. The first kappa shape index (κ1) is 20.2. The molecule has 0 radical (unpaired) electrons. The van der Waals surface area contributed by atoms with Crippen molar-refractivity contribution in [2.45, 2.75) is 32.2 Å². The fraction of sp³-hybridized carbons (Fsp3) is 0.435. The Balaban J connectivity index is 1.55. The zero-order valence-electron chi connectivity index (χ0n) is 16.8. The van der Waals surface area contributed by atoms with E-state index in [2.05, 4.69) is 41.4 Å². The van der Waals surface area contributed by atoms with Crippen LogP contribution in [0.5, 0.6) is 11.5 Å². The molecule has 0 unspecified atom stereocenters. The van der Waals surface area contributed by atoms with E-state index in [4.69, 9.17) is 9.47 Å². The van der Waals surface area contributed by atoms with Crippen LogP contribution in [0.2, 0.25) is 0 Å². The summed E-state index contributed by atoms with van der Waals surface area (Å²) in [5.41, 5.74) is 2.59. The predicted molar refractivity (Wildman–Crippen MR) is 111 cm³/mol. The van der Waals surface area contributed by atoms with Crippen LogP contribution in [0.1, 0.15) is 36.9 Å². The fourth-order valence-corrected chi connectivity index (χ4v) is 3.57. The molecular weight excluding hydrogens is 352 g/mol. The highest BCUT2D eigenvalue weighted by Crippen LogP contribution is 2.25. The summed E-state index contributed by atoms with van der Waals surface area (Å²) in [6.07, 6.45) is 3.48. The van der Waals surface area contributed by atoms with Crippen LogP contribution < -0.4 is 14.8 Å². The Bertz CT molecular complexity index is 737. The van der Waals surface area contributed by atoms with Crippen molar-refractivity contribution in [3.8, 4) is 11.5 Å². The van der Waals surface area contributed by atoms with E-state index < -0.39 is 0 Å². The topological polar surface area (TPSA) is 50.8 Å². The van der Waals surface area contributed by atoms with Gasteiger partial charge in [0.2, 0.25) is 0 Å². The Kier molecular flexibility index (Phi) is 7.31. The third-order valence-electron chi connectivity index (χ3n) is 5.28. The van der Waals surface area contributed by atoms with Crippen LogP contribution in [0, 0.1) is 0 Å². The van der Waals surface area contributed by atoms with Gasteiger partial charge < -0.3 is 14.8 Å². The molecule has 0 bridgehead atoms. The lowest BCUT2D eigenvalue weighted by atomic mass is 10.0. The average Bonchev–Trinajstić information content (AvgIpc) is 3.28. The van der Waals surface area contributed by atoms with Crippen molar-refractivity contribution in [1.82, 2.24) is 10.2 Å². The van der Waals surface area contributed by atoms with E-state index in [-0.39, 0.29) is 18.6 Å². The predicted octanol–water partition coefficient (Wildman–Crippen LogP) is 3.59. The van der Waals surface area contributed by atoms with Crippen molar-refractivity contribution in [3.63, 3.8) is 0 Å². The number of rotatable bonds is 9. The number of benzene rings is 2. The lowest BCUT2D eigenvalue weighted by Crippen LogP contribution is -2.38. The number of likely N-dealkylation sites (tertiary alicyclic amines) is 1. The SMILES string of the molecule is CCc1ccc([C@@H](CNC(=O)COc2ccc(OC)cc2)N2CCCC2)cc1. The molecule has 0 aromatic heterocycles. The Morgan fingerprint density at radius 1 is 1.04 bits per heavy atom. The van der Waals surface area contributed by atoms with Gasteiger partial charge >= 0.3 is 0 Å². The molecule has 3 rings (SSSR count). The third kappa shape index (κ3) is 5.49. The van der Waals surface area contributed by atoms with Gasteiger partial charge in [-0.25, -0.2) is 0 Å². The number of aryl methyl sites for hydroxylation is 1. The molecule has 1 fully saturated rings. The molecule has 1 aliphatic heterocycles. The van der Waals surface area contributed by atoms with Gasteiger partial charge in [-0.3, -0.25) is 9.69 Å². The number of amides is 1. The minimum absolute atomic E-state index is 0.00776. The Morgan fingerprint density at radius 2 is 1.68 bits per heavy atom. The highest BCUT2D eigenvalue weighted by atomic mass is 16.5. The maximum Gasteiger partial charge on any atom is 0.258 e. The normalized spacial score (nSPS) is 15.2. The second-order valence-corrected chi connectivity index (χ2v) is 7.12. The molecule has 2 aromatic carbocycles. The van der Waals surface area contributed by atoms with E-state index in [1.54, 1.807) is 19.2 Å². The molecule has 1 atom stereocenters. The van der Waals surface area contributed by atoms with Crippen molar-refractivity contribution in [2.75, 3.05) is 33.4 Å². The maximum absolute atomic E-state index is 12.3. The summed E-state index contributed by atoms with van der Waals surface area (Å²) >= 11 is 0. The van der Waals surface area contributed by atoms with Crippen molar-refractivity contribution in [1.29, 1.82) is 0 Å². The highest BCUT2D eigenvalue weighted by molar-refractivity contribution is 5.77. The summed E-state index contributed by atoms with van der Waals surface area (Å²) in [5.74, 6) is 1.31. The zero-order chi connectivity index (χ0) is 19.8. The van der Waals surface area contributed by atoms with Crippen molar-refractivity contribution >= 4 is 5.91 Å². The van der Waals surface area contributed by atoms with Crippen LogP contribution in [0.4, 0.5) is 0 Å². The molecule has 5 nitrogen and oxygen atoms in total. The first-order chi connectivity index (χ1) is 13.7. The van der Waals surface area contributed by atoms with Crippen LogP contribution >= 0.6 is 0 Å². The highest BCUT2D eigenvalue weighted by Gasteiger charge is 2.24. The first-order valence-electron chi connectivity index (χ1n) is 10.1. The average molecular weight is 383 g/mol. The number of nitrogens with one attached hydrogen (secondary N) is 1. The number of ether oxygens (including phenoxy) is 2. The van der Waals surface area contributed by atoms with Gasteiger partial charge in [0.05, 0.1) is 13.2 Å². The summed E-state index contributed by atoms with van der Waals surface area (Å²) in [6, 6.07) is 16.2. The second kappa shape index (κ2) is 10.1. The molecule has 5 heteroatoms. The van der Waals surface area contributed by atoms with Gasteiger partial charge in [-0.05, 0) is 67.7 Å². The molecular formula is C23H30N2O3. The number of hydrogen-bond acceptors (Lipinski definition) is 4. The molecule has 0 saturated carbocycles.